The van der Waals surface area contributed by atoms with Crippen LogP contribution >= 0.6 is 11.8 Å². The van der Waals surface area contributed by atoms with Crippen molar-refractivity contribution in [3.8, 4) is 5.75 Å². The molecule has 1 N–H and O–H groups in total. The van der Waals surface area contributed by atoms with Crippen molar-refractivity contribution in [3.63, 3.8) is 0 Å². The molecule has 1 aromatic carbocycles. The molecule has 0 atom stereocenters. The van der Waals surface area contributed by atoms with Gasteiger partial charge in [0.2, 0.25) is 11.8 Å². The molecule has 0 spiro atoms. The Morgan fingerprint density at radius 1 is 1.07 bits per heavy atom. The second-order valence-corrected chi connectivity index (χ2v) is 8.74. The van der Waals surface area contributed by atoms with Crippen molar-refractivity contribution in [2.24, 2.45) is 5.92 Å². The fourth-order valence-electron chi connectivity index (χ4n) is 4.07. The van der Waals surface area contributed by atoms with Crippen LogP contribution in [0.2, 0.25) is 0 Å². The van der Waals surface area contributed by atoms with Gasteiger partial charge in [-0.2, -0.15) is 0 Å². The Kier molecular flexibility index (Phi) is 8.07. The van der Waals surface area contributed by atoms with Crippen molar-refractivity contribution in [1.82, 2.24) is 10.2 Å². The third-order valence-electron chi connectivity index (χ3n) is 5.63. The lowest BCUT2D eigenvalue weighted by Crippen LogP contribution is -2.48. The van der Waals surface area contributed by atoms with Crippen molar-refractivity contribution < 1.29 is 14.3 Å². The van der Waals surface area contributed by atoms with Gasteiger partial charge in [0.25, 0.3) is 0 Å². The van der Waals surface area contributed by atoms with Gasteiger partial charge in [-0.15, -0.1) is 11.8 Å². The van der Waals surface area contributed by atoms with Gasteiger partial charge in [0.1, 0.15) is 5.75 Å². The van der Waals surface area contributed by atoms with Crippen LogP contribution in [-0.2, 0) is 9.59 Å². The summed E-state index contributed by atoms with van der Waals surface area (Å²) in [6.07, 6.45) is 7.48. The molecule has 0 unspecified atom stereocenters. The molecule has 1 saturated heterocycles. The lowest BCUT2D eigenvalue weighted by atomic mass is 9.87. The molecular weight excluding hydrogens is 372 g/mol. The zero-order valence-corrected chi connectivity index (χ0v) is 17.6. The molecule has 6 heteroatoms. The Morgan fingerprint density at radius 2 is 1.75 bits per heavy atom. The first-order valence-corrected chi connectivity index (χ1v) is 11.6. The third-order valence-corrected chi connectivity index (χ3v) is 6.64. The van der Waals surface area contributed by atoms with E-state index < -0.39 is 0 Å². The van der Waals surface area contributed by atoms with Gasteiger partial charge < -0.3 is 15.0 Å². The Hall–Kier alpha value is -1.69. The summed E-state index contributed by atoms with van der Waals surface area (Å²) >= 11 is 1.54. The van der Waals surface area contributed by atoms with E-state index in [1.54, 1.807) is 0 Å². The third kappa shape index (κ3) is 6.16. The van der Waals surface area contributed by atoms with Crippen LogP contribution in [0.4, 0.5) is 0 Å². The topological polar surface area (TPSA) is 58.6 Å². The fraction of sp³-hybridized carbons (Fsp3) is 0.636. The normalized spacial score (nSPS) is 18.7. The van der Waals surface area contributed by atoms with Crippen LogP contribution in [0.1, 0.15) is 51.9 Å². The summed E-state index contributed by atoms with van der Waals surface area (Å²) in [4.78, 5) is 28.0. The van der Waals surface area contributed by atoms with Gasteiger partial charge in [-0.1, -0.05) is 19.3 Å². The summed E-state index contributed by atoms with van der Waals surface area (Å²) in [6, 6.07) is 8.02. The van der Waals surface area contributed by atoms with E-state index in [2.05, 4.69) is 5.32 Å². The molecule has 154 valence electrons. The number of carbonyl (C=O) groups excluding carboxylic acids is 2. The monoisotopic (exact) mass is 404 g/mol. The van der Waals surface area contributed by atoms with Crippen molar-refractivity contribution in [1.29, 1.82) is 0 Å². The number of benzene rings is 1. The number of rotatable bonds is 7. The Morgan fingerprint density at radius 3 is 2.39 bits per heavy atom. The van der Waals surface area contributed by atoms with E-state index in [9.17, 15) is 9.59 Å². The number of nitrogens with zero attached hydrogens (tertiary/aromatic N) is 1. The second kappa shape index (κ2) is 10.7. The van der Waals surface area contributed by atoms with E-state index >= 15 is 0 Å². The lowest BCUT2D eigenvalue weighted by molar-refractivity contribution is -0.137. The van der Waals surface area contributed by atoms with E-state index in [-0.39, 0.29) is 17.9 Å². The Balaban J connectivity index is 1.35. The molecule has 28 heavy (non-hydrogen) atoms. The average molecular weight is 405 g/mol. The first kappa shape index (κ1) is 21.0. The Bertz CT molecular complexity index is 636. The van der Waals surface area contributed by atoms with Gasteiger partial charge in [0.15, 0.2) is 0 Å². The molecule has 1 saturated carbocycles. The number of thioether (sulfide) groups is 1. The largest absolute Gasteiger partial charge is 0.494 e. The number of hydrogen-bond acceptors (Lipinski definition) is 4. The Labute approximate surface area is 172 Å². The molecule has 2 amide bonds. The maximum atomic E-state index is 12.6. The van der Waals surface area contributed by atoms with Crippen molar-refractivity contribution >= 4 is 23.6 Å². The summed E-state index contributed by atoms with van der Waals surface area (Å²) < 4.78 is 5.43. The van der Waals surface area contributed by atoms with Crippen molar-refractivity contribution in [2.75, 3.05) is 25.4 Å². The highest BCUT2D eigenvalue weighted by Gasteiger charge is 2.29. The average Bonchev–Trinajstić information content (AvgIpc) is 2.74. The van der Waals surface area contributed by atoms with Crippen LogP contribution in [-0.4, -0.2) is 48.2 Å². The van der Waals surface area contributed by atoms with Gasteiger partial charge in [-0.3, -0.25) is 9.59 Å². The van der Waals surface area contributed by atoms with Crippen LogP contribution in [0.15, 0.2) is 29.2 Å². The minimum absolute atomic E-state index is 0.0657. The highest BCUT2D eigenvalue weighted by Crippen LogP contribution is 2.27. The van der Waals surface area contributed by atoms with Gasteiger partial charge >= 0.3 is 0 Å². The van der Waals surface area contributed by atoms with Crippen LogP contribution in [0, 0.1) is 5.92 Å². The SMILES string of the molecule is CCOc1ccc(SCC(=O)NC2CCN(C(=O)C3CCCCC3)CC2)cc1. The maximum absolute atomic E-state index is 12.6. The van der Waals surface area contributed by atoms with Gasteiger partial charge in [-0.05, 0) is 56.9 Å². The smallest absolute Gasteiger partial charge is 0.230 e. The maximum Gasteiger partial charge on any atom is 0.230 e. The number of hydrogen-bond donors (Lipinski definition) is 1. The quantitative estimate of drug-likeness (QED) is 0.701. The molecule has 2 aliphatic rings. The molecule has 1 heterocycles. The predicted octanol–water partition coefficient (Wildman–Crippen LogP) is 3.86. The van der Waals surface area contributed by atoms with Gasteiger partial charge in [-0.25, -0.2) is 0 Å². The molecule has 0 radical (unpaired) electrons. The molecule has 0 aromatic heterocycles. The molecule has 0 bridgehead atoms. The van der Waals surface area contributed by atoms with Gasteiger partial charge in [0, 0.05) is 29.9 Å². The van der Waals surface area contributed by atoms with E-state index in [4.69, 9.17) is 4.74 Å². The summed E-state index contributed by atoms with van der Waals surface area (Å²) in [5, 5.41) is 3.14. The number of ether oxygens (including phenoxy) is 1. The van der Waals surface area contributed by atoms with E-state index in [1.807, 2.05) is 36.1 Å². The molecular formula is C22H32N2O3S. The lowest BCUT2D eigenvalue weighted by Gasteiger charge is -2.35. The number of nitrogens with one attached hydrogen (secondary N) is 1. The van der Waals surface area contributed by atoms with E-state index in [0.717, 1.165) is 49.4 Å². The summed E-state index contributed by atoms with van der Waals surface area (Å²) in [6.45, 7) is 4.15. The number of piperidine rings is 1. The zero-order valence-electron chi connectivity index (χ0n) is 16.8. The first-order valence-electron chi connectivity index (χ1n) is 10.6. The number of likely N-dealkylation sites (tertiary alicyclic amines) is 1. The van der Waals surface area contributed by atoms with E-state index in [0.29, 0.717) is 18.3 Å². The standard InChI is InChI=1S/C22H32N2O3S/c1-2-27-19-8-10-20(11-9-19)28-16-21(25)23-18-12-14-24(15-13-18)22(26)17-6-4-3-5-7-17/h8-11,17-18H,2-7,12-16H2,1H3,(H,23,25). The van der Waals surface area contributed by atoms with Gasteiger partial charge in [0.05, 0.1) is 12.4 Å². The summed E-state index contributed by atoms with van der Waals surface area (Å²) in [5.74, 6) is 1.91. The molecule has 1 aliphatic carbocycles. The van der Waals surface area contributed by atoms with Crippen LogP contribution in [0.5, 0.6) is 5.75 Å². The predicted molar refractivity (Wildman–Crippen MR) is 113 cm³/mol. The zero-order chi connectivity index (χ0) is 19.8. The van der Waals surface area contributed by atoms with Crippen molar-refractivity contribution in [2.45, 2.75) is 62.8 Å². The summed E-state index contributed by atoms with van der Waals surface area (Å²) in [5.41, 5.74) is 0. The highest BCUT2D eigenvalue weighted by atomic mass is 32.2. The molecule has 2 fully saturated rings. The minimum Gasteiger partial charge on any atom is -0.494 e. The van der Waals surface area contributed by atoms with Crippen LogP contribution < -0.4 is 10.1 Å². The van der Waals surface area contributed by atoms with Crippen molar-refractivity contribution in [3.05, 3.63) is 24.3 Å². The van der Waals surface area contributed by atoms with Crippen LogP contribution in [0.25, 0.3) is 0 Å². The number of carbonyl (C=O) groups is 2. The van der Waals surface area contributed by atoms with Crippen LogP contribution in [0.3, 0.4) is 0 Å². The molecule has 1 aromatic rings. The minimum atomic E-state index is 0.0657. The summed E-state index contributed by atoms with van der Waals surface area (Å²) in [7, 11) is 0. The fourth-order valence-corrected chi connectivity index (χ4v) is 4.78. The molecule has 5 nitrogen and oxygen atoms in total. The number of amides is 2. The highest BCUT2D eigenvalue weighted by molar-refractivity contribution is 8.00. The molecule has 1 aliphatic heterocycles. The second-order valence-electron chi connectivity index (χ2n) is 7.70. The first-order chi connectivity index (χ1) is 13.7. The van der Waals surface area contributed by atoms with E-state index in [1.165, 1.54) is 31.0 Å². The molecule has 3 rings (SSSR count).